The molecule has 0 aliphatic heterocycles. The molecule has 4 heteroatoms. The molecule has 20 heavy (non-hydrogen) atoms. The van der Waals surface area contributed by atoms with Crippen LogP contribution in [0.5, 0.6) is 0 Å². The summed E-state index contributed by atoms with van der Waals surface area (Å²) < 4.78 is 2.09. The Kier molecular flexibility index (Phi) is 3.21. The highest BCUT2D eigenvalue weighted by Crippen LogP contribution is 2.18. The van der Waals surface area contributed by atoms with Crippen LogP contribution in [0.2, 0.25) is 0 Å². The zero-order valence-corrected chi connectivity index (χ0v) is 10.9. The minimum absolute atomic E-state index is 0.321. The van der Waals surface area contributed by atoms with Crippen LogP contribution in [0, 0.1) is 0 Å². The van der Waals surface area contributed by atoms with Gasteiger partial charge in [-0.15, -0.1) is 0 Å². The van der Waals surface area contributed by atoms with Gasteiger partial charge >= 0.3 is 5.97 Å². The number of carboxylic acid groups (broad SMARTS) is 1. The van der Waals surface area contributed by atoms with Crippen LogP contribution in [0.25, 0.3) is 10.9 Å². The van der Waals surface area contributed by atoms with Gasteiger partial charge in [-0.2, -0.15) is 0 Å². The summed E-state index contributed by atoms with van der Waals surface area (Å²) in [5.74, 6) is -0.895. The van der Waals surface area contributed by atoms with Crippen molar-refractivity contribution in [1.29, 1.82) is 0 Å². The number of benzene rings is 1. The summed E-state index contributed by atoms with van der Waals surface area (Å²) >= 11 is 0. The van der Waals surface area contributed by atoms with E-state index in [1.54, 1.807) is 24.5 Å². The minimum atomic E-state index is -0.895. The fourth-order valence-corrected chi connectivity index (χ4v) is 2.31. The Morgan fingerprint density at radius 1 is 1.15 bits per heavy atom. The van der Waals surface area contributed by atoms with Gasteiger partial charge in [0.1, 0.15) is 0 Å². The maximum absolute atomic E-state index is 11.0. The van der Waals surface area contributed by atoms with Crippen molar-refractivity contribution >= 4 is 16.9 Å². The molecule has 2 heterocycles. The lowest BCUT2D eigenvalue weighted by atomic mass is 10.1. The zero-order chi connectivity index (χ0) is 13.9. The first-order valence-corrected chi connectivity index (χ1v) is 6.45. The first-order valence-electron chi connectivity index (χ1n) is 6.45. The Balaban J connectivity index is 1.88. The number of rotatable bonds is 4. The van der Waals surface area contributed by atoms with E-state index < -0.39 is 5.97 Å². The molecule has 0 spiro atoms. The first-order chi connectivity index (χ1) is 9.74. The Morgan fingerprint density at radius 2 is 1.95 bits per heavy atom. The van der Waals surface area contributed by atoms with Crippen LogP contribution >= 0.6 is 0 Å². The smallest absolute Gasteiger partial charge is 0.335 e. The standard InChI is InChI=1S/C16H14N2O2/c19-16(20)14-2-1-13-6-10-18(15(13)11-14)9-5-12-3-7-17-8-4-12/h1-4,6-8,10-11H,5,9H2,(H,19,20). The molecule has 0 amide bonds. The van der Waals surface area contributed by atoms with Crippen molar-refractivity contribution in [2.45, 2.75) is 13.0 Å². The van der Waals surface area contributed by atoms with Gasteiger partial charge in [0, 0.05) is 30.7 Å². The predicted octanol–water partition coefficient (Wildman–Crippen LogP) is 2.98. The summed E-state index contributed by atoms with van der Waals surface area (Å²) in [7, 11) is 0. The number of carboxylic acids is 1. The van der Waals surface area contributed by atoms with E-state index in [-0.39, 0.29) is 0 Å². The normalized spacial score (nSPS) is 10.8. The van der Waals surface area contributed by atoms with Crippen LogP contribution in [0.15, 0.2) is 55.0 Å². The Morgan fingerprint density at radius 3 is 2.70 bits per heavy atom. The highest BCUT2D eigenvalue weighted by molar-refractivity contribution is 5.93. The van der Waals surface area contributed by atoms with Gasteiger partial charge in [-0.25, -0.2) is 4.79 Å². The molecule has 0 saturated carbocycles. The van der Waals surface area contributed by atoms with Crippen molar-refractivity contribution in [3.05, 3.63) is 66.1 Å². The first kappa shape index (κ1) is 12.4. The summed E-state index contributed by atoms with van der Waals surface area (Å²) in [5, 5.41) is 10.1. The number of pyridine rings is 1. The van der Waals surface area contributed by atoms with Crippen molar-refractivity contribution in [3.63, 3.8) is 0 Å². The van der Waals surface area contributed by atoms with Gasteiger partial charge in [0.2, 0.25) is 0 Å². The van der Waals surface area contributed by atoms with E-state index in [1.165, 1.54) is 5.56 Å². The summed E-state index contributed by atoms with van der Waals surface area (Å²) in [6.07, 6.45) is 6.46. The number of aromatic carboxylic acids is 1. The van der Waals surface area contributed by atoms with Crippen LogP contribution in [0.1, 0.15) is 15.9 Å². The van der Waals surface area contributed by atoms with Gasteiger partial charge in [0.15, 0.2) is 0 Å². The third-order valence-corrected chi connectivity index (χ3v) is 3.41. The third-order valence-electron chi connectivity index (χ3n) is 3.41. The Bertz CT molecular complexity index is 748. The van der Waals surface area contributed by atoms with Gasteiger partial charge in [0.25, 0.3) is 0 Å². The van der Waals surface area contributed by atoms with Crippen LogP contribution < -0.4 is 0 Å². The average Bonchev–Trinajstić information content (AvgIpc) is 2.88. The second-order valence-electron chi connectivity index (χ2n) is 4.69. The zero-order valence-electron chi connectivity index (χ0n) is 10.9. The van der Waals surface area contributed by atoms with E-state index >= 15 is 0 Å². The van der Waals surface area contributed by atoms with Crippen LogP contribution in [0.3, 0.4) is 0 Å². The molecular formula is C16H14N2O2. The summed E-state index contributed by atoms with van der Waals surface area (Å²) in [5.41, 5.74) is 2.50. The van der Waals surface area contributed by atoms with E-state index in [0.29, 0.717) is 5.56 Å². The molecule has 0 unspecified atom stereocenters. The van der Waals surface area contributed by atoms with Gasteiger partial charge in [0.05, 0.1) is 5.56 Å². The van der Waals surface area contributed by atoms with Crippen molar-refractivity contribution in [1.82, 2.24) is 9.55 Å². The average molecular weight is 266 g/mol. The molecule has 0 aliphatic rings. The molecule has 0 radical (unpaired) electrons. The molecule has 0 aliphatic carbocycles. The topological polar surface area (TPSA) is 55.1 Å². The molecule has 1 aromatic carbocycles. The fourth-order valence-electron chi connectivity index (χ4n) is 2.31. The van der Waals surface area contributed by atoms with Crippen molar-refractivity contribution in [2.24, 2.45) is 0 Å². The van der Waals surface area contributed by atoms with Crippen LogP contribution in [0.4, 0.5) is 0 Å². The second-order valence-corrected chi connectivity index (χ2v) is 4.69. The van der Waals surface area contributed by atoms with Gasteiger partial charge in [-0.05, 0) is 47.7 Å². The molecule has 0 saturated heterocycles. The lowest BCUT2D eigenvalue weighted by Crippen LogP contribution is -2.01. The Hall–Kier alpha value is -2.62. The summed E-state index contributed by atoms with van der Waals surface area (Å²) in [6.45, 7) is 0.816. The van der Waals surface area contributed by atoms with E-state index in [2.05, 4.69) is 9.55 Å². The molecule has 0 bridgehead atoms. The molecule has 3 aromatic rings. The fraction of sp³-hybridized carbons (Fsp3) is 0.125. The van der Waals surface area contributed by atoms with Gasteiger partial charge in [-0.3, -0.25) is 4.98 Å². The molecule has 0 fully saturated rings. The van der Waals surface area contributed by atoms with E-state index in [9.17, 15) is 4.79 Å². The highest BCUT2D eigenvalue weighted by Gasteiger charge is 2.07. The maximum Gasteiger partial charge on any atom is 0.335 e. The minimum Gasteiger partial charge on any atom is -0.478 e. The van der Waals surface area contributed by atoms with Crippen LogP contribution in [-0.4, -0.2) is 20.6 Å². The number of hydrogen-bond acceptors (Lipinski definition) is 2. The number of carbonyl (C=O) groups is 1. The SMILES string of the molecule is O=C(O)c1ccc2ccn(CCc3ccncc3)c2c1. The lowest BCUT2D eigenvalue weighted by molar-refractivity contribution is 0.0697. The van der Waals surface area contributed by atoms with Crippen molar-refractivity contribution in [3.8, 4) is 0 Å². The summed E-state index contributed by atoms with van der Waals surface area (Å²) in [4.78, 5) is 15.0. The number of aryl methyl sites for hydroxylation is 2. The monoisotopic (exact) mass is 266 g/mol. The highest BCUT2D eigenvalue weighted by atomic mass is 16.4. The number of hydrogen-bond donors (Lipinski definition) is 1. The van der Waals surface area contributed by atoms with E-state index in [1.807, 2.05) is 30.5 Å². The van der Waals surface area contributed by atoms with Gasteiger partial charge < -0.3 is 9.67 Å². The lowest BCUT2D eigenvalue weighted by Gasteiger charge is -2.06. The molecule has 1 N–H and O–H groups in total. The van der Waals surface area contributed by atoms with Crippen LogP contribution in [-0.2, 0) is 13.0 Å². The molecule has 2 aromatic heterocycles. The summed E-state index contributed by atoms with van der Waals surface area (Å²) in [6, 6.07) is 11.2. The molecule has 100 valence electrons. The van der Waals surface area contributed by atoms with Gasteiger partial charge in [-0.1, -0.05) is 6.07 Å². The quantitative estimate of drug-likeness (QED) is 0.789. The molecular weight excluding hydrogens is 252 g/mol. The molecule has 3 rings (SSSR count). The molecule has 0 atom stereocenters. The van der Waals surface area contributed by atoms with E-state index in [0.717, 1.165) is 23.9 Å². The molecule has 4 nitrogen and oxygen atoms in total. The number of nitrogens with zero attached hydrogens (tertiary/aromatic N) is 2. The van der Waals surface area contributed by atoms with Crippen molar-refractivity contribution < 1.29 is 9.90 Å². The number of fused-ring (bicyclic) bond motifs is 1. The largest absolute Gasteiger partial charge is 0.478 e. The van der Waals surface area contributed by atoms with E-state index in [4.69, 9.17) is 5.11 Å². The Labute approximate surface area is 116 Å². The number of aromatic nitrogens is 2. The third kappa shape index (κ3) is 2.40. The predicted molar refractivity (Wildman–Crippen MR) is 76.8 cm³/mol. The van der Waals surface area contributed by atoms with Crippen molar-refractivity contribution in [2.75, 3.05) is 0 Å². The second kappa shape index (κ2) is 5.17. The maximum atomic E-state index is 11.0.